The highest BCUT2D eigenvalue weighted by atomic mass is 127. The Morgan fingerprint density at radius 1 is 1.46 bits per heavy atom. The molecule has 24 heavy (non-hydrogen) atoms. The van der Waals surface area contributed by atoms with Gasteiger partial charge in [-0.3, -0.25) is 4.99 Å². The summed E-state index contributed by atoms with van der Waals surface area (Å²) in [5.41, 5.74) is 0.174. The summed E-state index contributed by atoms with van der Waals surface area (Å²) >= 11 is 1.88. The molecule has 136 valence electrons. The second-order valence-electron chi connectivity index (χ2n) is 7.52. The maximum Gasteiger partial charge on any atom is 0.191 e. The lowest BCUT2D eigenvalue weighted by Crippen LogP contribution is -2.68. The molecule has 2 aliphatic rings. The van der Waals surface area contributed by atoms with Gasteiger partial charge in [0.05, 0.1) is 6.10 Å². The second-order valence-corrected chi connectivity index (χ2v) is 8.89. The van der Waals surface area contributed by atoms with E-state index in [2.05, 4.69) is 55.5 Å². The largest absolute Gasteiger partial charge is 0.377 e. The molecule has 1 aromatic heterocycles. The van der Waals surface area contributed by atoms with E-state index in [4.69, 9.17) is 4.74 Å². The van der Waals surface area contributed by atoms with Crippen molar-refractivity contribution >= 4 is 41.3 Å². The van der Waals surface area contributed by atoms with Gasteiger partial charge in [0.25, 0.3) is 0 Å². The van der Waals surface area contributed by atoms with Crippen molar-refractivity contribution in [2.24, 2.45) is 16.3 Å². The summed E-state index contributed by atoms with van der Waals surface area (Å²) in [7, 11) is 1.85. The minimum Gasteiger partial charge on any atom is -0.377 e. The number of rotatable bonds is 4. The van der Waals surface area contributed by atoms with Crippen molar-refractivity contribution in [2.75, 3.05) is 13.7 Å². The third-order valence-electron chi connectivity index (χ3n) is 5.30. The topological polar surface area (TPSA) is 45.7 Å². The molecule has 4 unspecified atom stereocenters. The Morgan fingerprint density at radius 2 is 2.21 bits per heavy atom. The Kier molecular flexibility index (Phi) is 6.58. The number of thiophene rings is 1. The van der Waals surface area contributed by atoms with Crippen LogP contribution < -0.4 is 10.6 Å². The van der Waals surface area contributed by atoms with Gasteiger partial charge < -0.3 is 15.4 Å². The number of aliphatic imine (C=N–C) groups is 1. The van der Waals surface area contributed by atoms with Crippen molar-refractivity contribution in [3.05, 3.63) is 21.9 Å². The molecule has 4 atom stereocenters. The minimum atomic E-state index is 0. The Labute approximate surface area is 166 Å². The Balaban J connectivity index is 0.00000208. The maximum atomic E-state index is 5.88. The number of halogens is 1. The molecule has 1 aliphatic carbocycles. The van der Waals surface area contributed by atoms with E-state index in [0.29, 0.717) is 24.1 Å². The first kappa shape index (κ1) is 20.0. The lowest BCUT2D eigenvalue weighted by atomic mass is 9.57. The van der Waals surface area contributed by atoms with Gasteiger partial charge in [-0.2, -0.15) is 0 Å². The van der Waals surface area contributed by atoms with E-state index >= 15 is 0 Å². The number of guanidine groups is 1. The molecule has 0 aromatic carbocycles. The van der Waals surface area contributed by atoms with Crippen LogP contribution >= 0.6 is 35.3 Å². The standard InChI is InChI=1S/C18H29N3OS.HI/c1-11(10-13-7-6-12(2)23-13)20-17(19-5)21-15-14-8-9-22-16(14)18(15,3)4;/h6-7,11,14-16H,8-10H2,1-5H3,(H2,19,20,21);1H. The average Bonchev–Trinajstić information content (AvgIpc) is 3.11. The molecule has 3 rings (SSSR count). The molecule has 0 spiro atoms. The van der Waals surface area contributed by atoms with Gasteiger partial charge in [-0.05, 0) is 32.4 Å². The quantitative estimate of drug-likeness (QED) is 0.408. The van der Waals surface area contributed by atoms with Gasteiger partial charge in [0, 0.05) is 53.2 Å². The number of hydrogen-bond donors (Lipinski definition) is 2. The molecule has 4 nitrogen and oxygen atoms in total. The van der Waals surface area contributed by atoms with Gasteiger partial charge in [-0.1, -0.05) is 13.8 Å². The smallest absolute Gasteiger partial charge is 0.191 e. The van der Waals surface area contributed by atoms with Gasteiger partial charge in [0.2, 0.25) is 0 Å². The summed E-state index contributed by atoms with van der Waals surface area (Å²) in [5.74, 6) is 1.54. The van der Waals surface area contributed by atoms with Gasteiger partial charge >= 0.3 is 0 Å². The first-order chi connectivity index (χ1) is 10.9. The number of nitrogens with one attached hydrogen (secondary N) is 2. The summed E-state index contributed by atoms with van der Waals surface area (Å²) in [6.07, 6.45) is 2.60. The van der Waals surface area contributed by atoms with Gasteiger partial charge in [-0.15, -0.1) is 35.3 Å². The van der Waals surface area contributed by atoms with Crippen LogP contribution in [0.15, 0.2) is 17.1 Å². The molecule has 1 saturated carbocycles. The van der Waals surface area contributed by atoms with Crippen molar-refractivity contribution in [2.45, 2.75) is 58.7 Å². The first-order valence-corrected chi connectivity index (χ1v) is 9.40. The van der Waals surface area contributed by atoms with E-state index < -0.39 is 0 Å². The number of hydrogen-bond acceptors (Lipinski definition) is 3. The summed E-state index contributed by atoms with van der Waals surface area (Å²) in [5, 5.41) is 7.19. The normalized spacial score (nSPS) is 29.2. The first-order valence-electron chi connectivity index (χ1n) is 8.58. The predicted molar refractivity (Wildman–Crippen MR) is 113 cm³/mol. The molecule has 0 bridgehead atoms. The van der Waals surface area contributed by atoms with Crippen molar-refractivity contribution in [3.63, 3.8) is 0 Å². The molecular weight excluding hydrogens is 433 g/mol. The average molecular weight is 463 g/mol. The number of aryl methyl sites for hydroxylation is 1. The zero-order chi connectivity index (χ0) is 16.6. The summed E-state index contributed by atoms with van der Waals surface area (Å²) in [6, 6.07) is 5.22. The zero-order valence-electron chi connectivity index (χ0n) is 15.3. The molecule has 6 heteroatoms. The summed E-state index contributed by atoms with van der Waals surface area (Å²) in [6.45, 7) is 9.86. The van der Waals surface area contributed by atoms with E-state index in [-0.39, 0.29) is 29.4 Å². The molecular formula is C18H30IN3OS. The number of nitrogens with zero attached hydrogens (tertiary/aromatic N) is 1. The van der Waals surface area contributed by atoms with Crippen LogP contribution in [-0.2, 0) is 11.2 Å². The van der Waals surface area contributed by atoms with Crippen LogP contribution in [0.5, 0.6) is 0 Å². The molecule has 0 radical (unpaired) electrons. The van der Waals surface area contributed by atoms with Crippen molar-refractivity contribution < 1.29 is 4.74 Å². The number of ether oxygens (including phenoxy) is 1. The molecule has 1 aliphatic heterocycles. The summed E-state index contributed by atoms with van der Waals surface area (Å²) in [4.78, 5) is 7.23. The Hall–Kier alpha value is -0.340. The van der Waals surface area contributed by atoms with E-state index in [1.165, 1.54) is 9.75 Å². The van der Waals surface area contributed by atoms with Crippen molar-refractivity contribution in [1.82, 2.24) is 10.6 Å². The van der Waals surface area contributed by atoms with Gasteiger partial charge in [0.15, 0.2) is 5.96 Å². The highest BCUT2D eigenvalue weighted by molar-refractivity contribution is 14.0. The van der Waals surface area contributed by atoms with E-state index in [1.807, 2.05) is 18.4 Å². The van der Waals surface area contributed by atoms with Crippen LogP contribution in [0.3, 0.4) is 0 Å². The molecule has 2 N–H and O–H groups in total. The van der Waals surface area contributed by atoms with Crippen LogP contribution in [-0.4, -0.2) is 37.8 Å². The van der Waals surface area contributed by atoms with Crippen LogP contribution in [0.25, 0.3) is 0 Å². The monoisotopic (exact) mass is 463 g/mol. The lowest BCUT2D eigenvalue weighted by Gasteiger charge is -2.55. The third kappa shape index (κ3) is 3.90. The Morgan fingerprint density at radius 3 is 2.83 bits per heavy atom. The lowest BCUT2D eigenvalue weighted by molar-refractivity contribution is -0.106. The molecule has 2 heterocycles. The molecule has 2 fully saturated rings. The maximum absolute atomic E-state index is 5.88. The fourth-order valence-electron chi connectivity index (χ4n) is 4.12. The molecule has 0 amide bonds. The molecule has 1 aromatic rings. The van der Waals surface area contributed by atoms with Crippen LogP contribution in [0, 0.1) is 18.3 Å². The van der Waals surface area contributed by atoms with Crippen molar-refractivity contribution in [3.8, 4) is 0 Å². The second kappa shape index (κ2) is 7.91. The van der Waals surface area contributed by atoms with Gasteiger partial charge in [-0.25, -0.2) is 0 Å². The van der Waals surface area contributed by atoms with E-state index in [1.54, 1.807) is 0 Å². The van der Waals surface area contributed by atoms with E-state index in [0.717, 1.165) is 25.4 Å². The van der Waals surface area contributed by atoms with Crippen LogP contribution in [0.2, 0.25) is 0 Å². The minimum absolute atomic E-state index is 0. The third-order valence-corrected chi connectivity index (χ3v) is 6.33. The van der Waals surface area contributed by atoms with Crippen LogP contribution in [0.4, 0.5) is 0 Å². The molecule has 1 saturated heterocycles. The SMILES string of the molecule is CN=C(NC(C)Cc1ccc(C)s1)NC1C2CCOC2C1(C)C.I. The highest BCUT2D eigenvalue weighted by Gasteiger charge is 2.59. The van der Waals surface area contributed by atoms with Crippen molar-refractivity contribution in [1.29, 1.82) is 0 Å². The number of fused-ring (bicyclic) bond motifs is 1. The fourth-order valence-corrected chi connectivity index (χ4v) is 5.14. The van der Waals surface area contributed by atoms with E-state index in [9.17, 15) is 0 Å². The fraction of sp³-hybridized carbons (Fsp3) is 0.722. The highest BCUT2D eigenvalue weighted by Crippen LogP contribution is 2.52. The summed E-state index contributed by atoms with van der Waals surface area (Å²) < 4.78 is 5.88. The zero-order valence-corrected chi connectivity index (χ0v) is 18.4. The predicted octanol–water partition coefficient (Wildman–Crippen LogP) is 3.58. The van der Waals surface area contributed by atoms with Crippen LogP contribution in [0.1, 0.15) is 36.9 Å². The van der Waals surface area contributed by atoms with Gasteiger partial charge in [0.1, 0.15) is 0 Å². The Bertz CT molecular complexity index is 587.